The van der Waals surface area contributed by atoms with E-state index in [0.29, 0.717) is 19.3 Å². The van der Waals surface area contributed by atoms with E-state index in [1.54, 1.807) is 14.1 Å². The smallest absolute Gasteiger partial charge is 0.267 e. The number of halogens is 2. The lowest BCUT2D eigenvalue weighted by molar-refractivity contribution is -0.130. The first-order chi connectivity index (χ1) is 11.2. The van der Waals surface area contributed by atoms with Crippen LogP contribution in [0.1, 0.15) is 0 Å². The summed E-state index contributed by atoms with van der Waals surface area (Å²) < 4.78 is 57.6. The molecule has 2 rings (SSSR count). The summed E-state index contributed by atoms with van der Waals surface area (Å²) in [6.45, 7) is 1.08. The van der Waals surface area contributed by atoms with Crippen LogP contribution in [0.25, 0.3) is 0 Å². The van der Waals surface area contributed by atoms with Gasteiger partial charge in [-0.15, -0.1) is 0 Å². The summed E-state index contributed by atoms with van der Waals surface area (Å²) in [7, 11) is -1.36. The summed E-state index contributed by atoms with van der Waals surface area (Å²) in [6.07, 6.45) is 1.12. The fraction of sp³-hybridized carbons (Fsp3) is 0.400. The van der Waals surface area contributed by atoms with Crippen LogP contribution in [-0.4, -0.2) is 64.5 Å². The van der Waals surface area contributed by atoms with E-state index in [1.165, 1.54) is 9.80 Å². The van der Waals surface area contributed by atoms with Gasteiger partial charge in [-0.1, -0.05) is 0 Å². The Morgan fingerprint density at radius 1 is 1.25 bits per heavy atom. The first-order valence-corrected chi connectivity index (χ1v) is 8.67. The van der Waals surface area contributed by atoms with Gasteiger partial charge in [0.05, 0.1) is 13.2 Å². The molecule has 9 heteroatoms. The minimum atomic E-state index is -4.45. The zero-order valence-corrected chi connectivity index (χ0v) is 14.1. The van der Waals surface area contributed by atoms with Crippen LogP contribution in [0.2, 0.25) is 0 Å². The maximum Gasteiger partial charge on any atom is 0.267 e. The highest BCUT2D eigenvalue weighted by atomic mass is 32.2. The van der Waals surface area contributed by atoms with Crippen LogP contribution < -0.4 is 0 Å². The number of sulfone groups is 1. The van der Waals surface area contributed by atoms with Crippen molar-refractivity contribution in [3.8, 4) is 0 Å². The number of amides is 1. The van der Waals surface area contributed by atoms with Gasteiger partial charge in [-0.3, -0.25) is 4.79 Å². The number of hydrogen-bond donors (Lipinski definition) is 0. The zero-order chi connectivity index (χ0) is 17.9. The van der Waals surface area contributed by atoms with E-state index in [2.05, 4.69) is 0 Å². The third-order valence-electron chi connectivity index (χ3n) is 3.36. The average Bonchev–Trinajstić information content (AvgIpc) is 2.52. The quantitative estimate of drug-likeness (QED) is 0.592. The molecule has 1 amide bonds. The minimum absolute atomic E-state index is 0.241. The van der Waals surface area contributed by atoms with Crippen LogP contribution in [0.5, 0.6) is 0 Å². The lowest BCUT2D eigenvalue weighted by Crippen LogP contribution is -2.42. The zero-order valence-electron chi connectivity index (χ0n) is 13.3. The van der Waals surface area contributed by atoms with Crippen LogP contribution in [-0.2, 0) is 19.4 Å². The van der Waals surface area contributed by atoms with Crippen molar-refractivity contribution in [2.24, 2.45) is 0 Å². The Hall–Kier alpha value is -2.00. The Morgan fingerprint density at radius 2 is 1.88 bits per heavy atom. The second-order valence-corrected chi connectivity index (χ2v) is 7.33. The summed E-state index contributed by atoms with van der Waals surface area (Å²) in [6, 6.07) is 2.12. The predicted octanol–water partition coefficient (Wildman–Crippen LogP) is 1.00. The number of carbonyl (C=O) groups is 1. The molecule has 0 spiro atoms. The molecular weight excluding hydrogens is 342 g/mol. The molecule has 1 heterocycles. The monoisotopic (exact) mass is 360 g/mol. The number of ether oxygens (including phenoxy) is 1. The predicted molar refractivity (Wildman–Crippen MR) is 82.7 cm³/mol. The lowest BCUT2D eigenvalue weighted by atomic mass is 10.3. The summed E-state index contributed by atoms with van der Waals surface area (Å²) in [5.41, 5.74) is 0. The van der Waals surface area contributed by atoms with Crippen molar-refractivity contribution in [2.45, 2.75) is 4.90 Å². The number of nitrogens with zero attached hydrogens (tertiary/aromatic N) is 2. The molecule has 0 N–H and O–H groups in total. The molecular formula is C15H18F2N2O4S. The van der Waals surface area contributed by atoms with Crippen molar-refractivity contribution in [2.75, 3.05) is 40.4 Å². The molecule has 1 aliphatic rings. The molecule has 0 bridgehead atoms. The van der Waals surface area contributed by atoms with Crippen LogP contribution in [0.3, 0.4) is 0 Å². The van der Waals surface area contributed by atoms with Crippen LogP contribution in [0, 0.1) is 11.6 Å². The Balaban J connectivity index is 2.48. The van der Waals surface area contributed by atoms with Crippen molar-refractivity contribution >= 4 is 15.7 Å². The molecule has 132 valence electrons. The van der Waals surface area contributed by atoms with Gasteiger partial charge in [0.1, 0.15) is 16.5 Å². The third kappa shape index (κ3) is 3.90. The van der Waals surface area contributed by atoms with Gasteiger partial charge in [0.25, 0.3) is 5.91 Å². The highest BCUT2D eigenvalue weighted by Gasteiger charge is 2.33. The highest BCUT2D eigenvalue weighted by molar-refractivity contribution is 7.96. The van der Waals surface area contributed by atoms with Crippen LogP contribution >= 0.6 is 0 Å². The summed E-state index contributed by atoms with van der Waals surface area (Å²) in [4.78, 5) is 14.0. The standard InChI is InChI=1S/C15H18F2N2O4S/c1-18(2)10-14(15(20)19-5-7-23-8-6-19)24(21,22)13-4-3-11(16)9-12(13)17/h3-4,9-10H,5-8H2,1-2H3/b14-10-. The molecule has 0 radical (unpaired) electrons. The molecule has 1 saturated heterocycles. The maximum absolute atomic E-state index is 13.9. The van der Waals surface area contributed by atoms with Crippen LogP contribution in [0.15, 0.2) is 34.2 Å². The van der Waals surface area contributed by atoms with Gasteiger partial charge >= 0.3 is 0 Å². The second kappa shape index (κ2) is 7.27. The summed E-state index contributed by atoms with van der Waals surface area (Å²) >= 11 is 0. The van der Waals surface area contributed by atoms with Gasteiger partial charge in [-0.25, -0.2) is 17.2 Å². The molecule has 1 fully saturated rings. The van der Waals surface area contributed by atoms with Crippen LogP contribution in [0.4, 0.5) is 8.78 Å². The molecule has 0 aliphatic carbocycles. The van der Waals surface area contributed by atoms with E-state index in [-0.39, 0.29) is 13.1 Å². The van der Waals surface area contributed by atoms with Crippen molar-refractivity contribution < 1.29 is 26.7 Å². The summed E-state index contributed by atoms with van der Waals surface area (Å²) in [5, 5.41) is 0. The van der Waals surface area contributed by atoms with Gasteiger partial charge in [-0.05, 0) is 12.1 Å². The van der Waals surface area contributed by atoms with E-state index < -0.39 is 37.2 Å². The Bertz CT molecular complexity index is 757. The molecule has 1 aromatic carbocycles. The first kappa shape index (κ1) is 18.3. The van der Waals surface area contributed by atoms with Gasteiger partial charge in [0.15, 0.2) is 4.91 Å². The minimum Gasteiger partial charge on any atom is -0.382 e. The number of carbonyl (C=O) groups excluding carboxylic acids is 1. The normalized spacial score (nSPS) is 16.2. The van der Waals surface area contributed by atoms with E-state index in [0.717, 1.165) is 18.3 Å². The van der Waals surface area contributed by atoms with Gasteiger partial charge in [0.2, 0.25) is 9.84 Å². The molecule has 0 saturated carbocycles. The van der Waals surface area contributed by atoms with Crippen molar-refractivity contribution in [3.05, 3.63) is 40.9 Å². The van der Waals surface area contributed by atoms with Crippen molar-refractivity contribution in [1.29, 1.82) is 0 Å². The van der Waals surface area contributed by atoms with Gasteiger partial charge in [-0.2, -0.15) is 0 Å². The van der Waals surface area contributed by atoms with E-state index in [1.807, 2.05) is 0 Å². The maximum atomic E-state index is 13.9. The van der Waals surface area contributed by atoms with Gasteiger partial charge < -0.3 is 14.5 Å². The lowest BCUT2D eigenvalue weighted by Gasteiger charge is -2.28. The number of benzene rings is 1. The number of hydrogen-bond acceptors (Lipinski definition) is 5. The fourth-order valence-corrected chi connectivity index (χ4v) is 3.72. The number of morpholine rings is 1. The third-order valence-corrected chi connectivity index (χ3v) is 5.13. The molecule has 6 nitrogen and oxygen atoms in total. The molecule has 1 aromatic rings. The van der Waals surface area contributed by atoms with Gasteiger partial charge in [0, 0.05) is 39.5 Å². The topological polar surface area (TPSA) is 66.9 Å². The Kier molecular flexibility index (Phi) is 5.55. The van der Waals surface area contributed by atoms with E-state index in [4.69, 9.17) is 4.74 Å². The SMILES string of the molecule is CN(C)/C=C(/C(=O)N1CCOCC1)S(=O)(=O)c1ccc(F)cc1F. The molecule has 0 atom stereocenters. The highest BCUT2D eigenvalue weighted by Crippen LogP contribution is 2.25. The summed E-state index contributed by atoms with van der Waals surface area (Å²) in [5.74, 6) is -2.88. The number of rotatable bonds is 4. The van der Waals surface area contributed by atoms with E-state index >= 15 is 0 Å². The molecule has 0 unspecified atom stereocenters. The molecule has 1 aliphatic heterocycles. The van der Waals surface area contributed by atoms with Crippen molar-refractivity contribution in [3.63, 3.8) is 0 Å². The second-order valence-electron chi connectivity index (χ2n) is 5.44. The largest absolute Gasteiger partial charge is 0.382 e. The molecule has 24 heavy (non-hydrogen) atoms. The first-order valence-electron chi connectivity index (χ1n) is 7.19. The van der Waals surface area contributed by atoms with Crippen molar-refractivity contribution in [1.82, 2.24) is 9.80 Å². The Morgan fingerprint density at radius 3 is 2.42 bits per heavy atom. The molecule has 0 aromatic heterocycles. The fourth-order valence-electron chi connectivity index (χ4n) is 2.21. The average molecular weight is 360 g/mol. The Labute approximate surface area is 139 Å². The van der Waals surface area contributed by atoms with E-state index in [9.17, 15) is 22.0 Å².